The molecule has 3 N–H and O–H groups in total. The van der Waals surface area contributed by atoms with Gasteiger partial charge in [0.05, 0.1) is 12.8 Å². The average molecular weight is 228 g/mol. The molecule has 6 nitrogen and oxygen atoms in total. The molecule has 0 saturated carbocycles. The summed E-state index contributed by atoms with van der Waals surface area (Å²) in [5, 5.41) is 0.236. The Hall–Kier alpha value is -1.18. The minimum atomic E-state index is -0.420. The molecule has 0 radical (unpaired) electrons. The number of amides is 1. The lowest BCUT2D eigenvalue weighted by atomic mass is 10.4. The fourth-order valence-corrected chi connectivity index (χ4v) is 1.81. The normalized spacial score (nSPS) is 12.1. The van der Waals surface area contributed by atoms with Gasteiger partial charge in [-0.3, -0.25) is 15.2 Å². The van der Waals surface area contributed by atoms with E-state index < -0.39 is 5.25 Å². The lowest BCUT2D eigenvalue weighted by Gasteiger charge is -2.12. The van der Waals surface area contributed by atoms with Crippen molar-refractivity contribution < 1.29 is 9.53 Å². The second-order valence-corrected chi connectivity index (χ2v) is 3.84. The predicted molar refractivity (Wildman–Crippen MR) is 55.9 cm³/mol. The molecule has 0 saturated heterocycles. The van der Waals surface area contributed by atoms with Crippen LogP contribution in [0.1, 0.15) is 0 Å². The molecule has 1 heterocycles. The van der Waals surface area contributed by atoms with Gasteiger partial charge in [0.2, 0.25) is 5.91 Å². The van der Waals surface area contributed by atoms with E-state index >= 15 is 0 Å². The fraction of sp³-hybridized carbons (Fsp3) is 0.375. The van der Waals surface area contributed by atoms with Crippen LogP contribution in [0, 0.1) is 0 Å². The van der Waals surface area contributed by atoms with E-state index in [4.69, 9.17) is 10.6 Å². The number of hydrazine groups is 1. The number of thioether (sulfide) groups is 1. The molecule has 7 heteroatoms. The van der Waals surface area contributed by atoms with Crippen LogP contribution in [0.25, 0.3) is 0 Å². The highest BCUT2D eigenvalue weighted by molar-refractivity contribution is 8.00. The summed E-state index contributed by atoms with van der Waals surface area (Å²) in [5.74, 6) is 4.75. The third-order valence-corrected chi connectivity index (χ3v) is 2.64. The van der Waals surface area contributed by atoms with Gasteiger partial charge in [-0.1, -0.05) is 11.8 Å². The predicted octanol–water partition coefficient (Wildman–Crippen LogP) is -0.426. The van der Waals surface area contributed by atoms with E-state index in [0.29, 0.717) is 5.03 Å². The van der Waals surface area contributed by atoms with Crippen molar-refractivity contribution >= 4 is 17.7 Å². The largest absolute Gasteiger partial charge is 0.383 e. The molecule has 0 aliphatic heterocycles. The summed E-state index contributed by atoms with van der Waals surface area (Å²) < 4.78 is 4.91. The maximum atomic E-state index is 11.3. The second-order valence-electron chi connectivity index (χ2n) is 2.61. The molecule has 1 aromatic heterocycles. The molecule has 1 atom stereocenters. The molecule has 0 fully saturated rings. The molecule has 1 aromatic rings. The summed E-state index contributed by atoms with van der Waals surface area (Å²) in [5.41, 5.74) is 2.08. The molecule has 0 aromatic carbocycles. The number of hydrogen-bond acceptors (Lipinski definition) is 6. The summed E-state index contributed by atoms with van der Waals surface area (Å²) in [4.78, 5) is 19.3. The zero-order chi connectivity index (χ0) is 11.1. The van der Waals surface area contributed by atoms with Crippen molar-refractivity contribution in [2.24, 2.45) is 5.84 Å². The van der Waals surface area contributed by atoms with Crippen molar-refractivity contribution in [2.45, 2.75) is 10.3 Å². The number of aromatic nitrogens is 2. The van der Waals surface area contributed by atoms with E-state index in [9.17, 15) is 4.79 Å². The first-order chi connectivity index (χ1) is 7.27. The van der Waals surface area contributed by atoms with Crippen LogP contribution in [0.2, 0.25) is 0 Å². The van der Waals surface area contributed by atoms with E-state index in [1.54, 1.807) is 18.6 Å². The first-order valence-electron chi connectivity index (χ1n) is 4.20. The van der Waals surface area contributed by atoms with E-state index in [-0.39, 0.29) is 12.5 Å². The highest BCUT2D eigenvalue weighted by Gasteiger charge is 2.19. The van der Waals surface area contributed by atoms with Crippen molar-refractivity contribution in [3.63, 3.8) is 0 Å². The Morgan fingerprint density at radius 3 is 3.07 bits per heavy atom. The molecule has 15 heavy (non-hydrogen) atoms. The summed E-state index contributed by atoms with van der Waals surface area (Å²) in [6.45, 7) is 0.268. The van der Waals surface area contributed by atoms with Crippen LogP contribution in [0.5, 0.6) is 0 Å². The standard InChI is InChI=1S/C8H12N4O2S/c1-14-5-6(8(13)12-9)15-7-4-10-2-3-11-7/h2-4,6H,5,9H2,1H3,(H,12,13). The quantitative estimate of drug-likeness (QED) is 0.308. The first-order valence-corrected chi connectivity index (χ1v) is 5.08. The Labute approximate surface area is 91.6 Å². The molecule has 0 bridgehead atoms. The maximum absolute atomic E-state index is 11.3. The van der Waals surface area contributed by atoms with E-state index in [1.807, 2.05) is 0 Å². The summed E-state index contributed by atoms with van der Waals surface area (Å²) in [6, 6.07) is 0. The van der Waals surface area contributed by atoms with Gasteiger partial charge in [0.15, 0.2) is 0 Å². The molecule has 0 aliphatic rings. The van der Waals surface area contributed by atoms with Gasteiger partial charge in [0.1, 0.15) is 10.3 Å². The zero-order valence-corrected chi connectivity index (χ0v) is 9.03. The van der Waals surface area contributed by atoms with Gasteiger partial charge in [-0.2, -0.15) is 0 Å². The minimum absolute atomic E-state index is 0.268. The van der Waals surface area contributed by atoms with Crippen molar-refractivity contribution in [1.29, 1.82) is 0 Å². The maximum Gasteiger partial charge on any atom is 0.249 e. The first kappa shape index (κ1) is 11.9. The lowest BCUT2D eigenvalue weighted by Crippen LogP contribution is -2.39. The number of hydrogen-bond donors (Lipinski definition) is 2. The smallest absolute Gasteiger partial charge is 0.249 e. The molecule has 1 rings (SSSR count). The number of nitrogens with two attached hydrogens (primary N) is 1. The Kier molecular flexibility index (Phi) is 5.02. The van der Waals surface area contributed by atoms with Crippen LogP contribution in [0.15, 0.2) is 23.6 Å². The second kappa shape index (κ2) is 6.33. The van der Waals surface area contributed by atoms with Gasteiger partial charge in [0, 0.05) is 19.5 Å². The Bertz CT molecular complexity index is 309. The molecule has 1 unspecified atom stereocenters. The SMILES string of the molecule is COCC(Sc1cnccn1)C(=O)NN. The number of carbonyl (C=O) groups is 1. The van der Waals surface area contributed by atoms with Crippen molar-refractivity contribution in [3.8, 4) is 0 Å². The highest BCUT2D eigenvalue weighted by Crippen LogP contribution is 2.20. The summed E-state index contributed by atoms with van der Waals surface area (Å²) in [6.07, 6.45) is 4.71. The van der Waals surface area contributed by atoms with Gasteiger partial charge < -0.3 is 4.74 Å². The Morgan fingerprint density at radius 2 is 2.53 bits per heavy atom. The van der Waals surface area contributed by atoms with Gasteiger partial charge in [0.25, 0.3) is 0 Å². The monoisotopic (exact) mass is 228 g/mol. The average Bonchev–Trinajstić information content (AvgIpc) is 2.29. The third kappa shape index (κ3) is 3.82. The molecular weight excluding hydrogens is 216 g/mol. The molecule has 1 amide bonds. The summed E-state index contributed by atoms with van der Waals surface area (Å²) >= 11 is 1.26. The van der Waals surface area contributed by atoms with E-state index in [0.717, 1.165) is 0 Å². The van der Waals surface area contributed by atoms with E-state index in [1.165, 1.54) is 18.9 Å². The Balaban J connectivity index is 2.62. The van der Waals surface area contributed by atoms with Crippen molar-refractivity contribution in [3.05, 3.63) is 18.6 Å². The fourth-order valence-electron chi connectivity index (χ4n) is 0.900. The van der Waals surface area contributed by atoms with Crippen LogP contribution in [-0.4, -0.2) is 34.8 Å². The molecular formula is C8H12N4O2S. The number of nitrogens with zero attached hydrogens (tertiary/aromatic N) is 2. The van der Waals surface area contributed by atoms with Crippen LogP contribution < -0.4 is 11.3 Å². The molecule has 0 spiro atoms. The zero-order valence-electron chi connectivity index (χ0n) is 8.21. The van der Waals surface area contributed by atoms with Crippen LogP contribution in [-0.2, 0) is 9.53 Å². The van der Waals surface area contributed by atoms with Gasteiger partial charge in [-0.15, -0.1) is 0 Å². The minimum Gasteiger partial charge on any atom is -0.383 e. The number of nitrogens with one attached hydrogen (secondary N) is 1. The third-order valence-electron chi connectivity index (χ3n) is 1.56. The number of rotatable bonds is 5. The molecule has 82 valence electrons. The lowest BCUT2D eigenvalue weighted by molar-refractivity contribution is -0.121. The van der Waals surface area contributed by atoms with Crippen LogP contribution in [0.4, 0.5) is 0 Å². The van der Waals surface area contributed by atoms with Crippen LogP contribution in [0.3, 0.4) is 0 Å². The van der Waals surface area contributed by atoms with Crippen molar-refractivity contribution in [1.82, 2.24) is 15.4 Å². The number of methoxy groups -OCH3 is 1. The van der Waals surface area contributed by atoms with Gasteiger partial charge in [-0.05, 0) is 0 Å². The topological polar surface area (TPSA) is 90.1 Å². The highest BCUT2D eigenvalue weighted by atomic mass is 32.2. The van der Waals surface area contributed by atoms with E-state index in [2.05, 4.69) is 15.4 Å². The van der Waals surface area contributed by atoms with Crippen LogP contribution >= 0.6 is 11.8 Å². The number of ether oxygens (including phenoxy) is 1. The van der Waals surface area contributed by atoms with Gasteiger partial charge >= 0.3 is 0 Å². The van der Waals surface area contributed by atoms with Crippen molar-refractivity contribution in [2.75, 3.05) is 13.7 Å². The molecule has 0 aliphatic carbocycles. The number of carbonyl (C=O) groups excluding carboxylic acids is 1. The Morgan fingerprint density at radius 1 is 1.73 bits per heavy atom. The summed E-state index contributed by atoms with van der Waals surface area (Å²) in [7, 11) is 1.52. The van der Waals surface area contributed by atoms with Gasteiger partial charge in [-0.25, -0.2) is 10.8 Å².